The highest BCUT2D eigenvalue weighted by Gasteiger charge is 2.27. The Kier molecular flexibility index (Phi) is 3.80. The van der Waals surface area contributed by atoms with Gasteiger partial charge in [0.15, 0.2) is 0 Å². The molecule has 0 aromatic carbocycles. The van der Waals surface area contributed by atoms with Crippen LogP contribution in [-0.4, -0.2) is 29.5 Å². The monoisotopic (exact) mass is 252 g/mol. The molecule has 1 aliphatic rings. The lowest BCUT2D eigenvalue weighted by atomic mass is 9.82. The van der Waals surface area contributed by atoms with Crippen molar-refractivity contribution >= 4 is 11.5 Å². The van der Waals surface area contributed by atoms with Gasteiger partial charge in [-0.25, -0.2) is 4.68 Å². The van der Waals surface area contributed by atoms with E-state index in [2.05, 4.69) is 24.3 Å². The molecular formula is C13H24N4O. The first-order chi connectivity index (χ1) is 8.56. The van der Waals surface area contributed by atoms with Crippen molar-refractivity contribution in [3.63, 3.8) is 0 Å². The van der Waals surface area contributed by atoms with Crippen LogP contribution in [0, 0.1) is 12.3 Å². The minimum absolute atomic E-state index is 0.293. The molecule has 5 nitrogen and oxygen atoms in total. The number of aryl methyl sites for hydroxylation is 2. The molecule has 1 aliphatic heterocycles. The quantitative estimate of drug-likeness (QED) is 0.860. The van der Waals surface area contributed by atoms with Gasteiger partial charge in [-0.1, -0.05) is 6.92 Å². The second-order valence-electron chi connectivity index (χ2n) is 5.44. The zero-order chi connectivity index (χ0) is 13.2. The summed E-state index contributed by atoms with van der Waals surface area (Å²) in [6, 6.07) is 0. The fraction of sp³-hybridized carbons (Fsp3) is 0.769. The Balaban J connectivity index is 2.05. The van der Waals surface area contributed by atoms with Gasteiger partial charge in [-0.05, 0) is 32.1 Å². The predicted octanol–water partition coefficient (Wildman–Crippen LogP) is 2.02. The van der Waals surface area contributed by atoms with E-state index in [4.69, 9.17) is 10.5 Å². The van der Waals surface area contributed by atoms with Crippen LogP contribution < -0.4 is 11.1 Å². The largest absolute Gasteiger partial charge is 0.394 e. The van der Waals surface area contributed by atoms with Crippen molar-refractivity contribution in [1.29, 1.82) is 0 Å². The molecule has 0 amide bonds. The van der Waals surface area contributed by atoms with Gasteiger partial charge >= 0.3 is 0 Å². The predicted molar refractivity (Wildman–Crippen MR) is 73.7 cm³/mol. The van der Waals surface area contributed by atoms with E-state index in [1.54, 1.807) is 0 Å². The topological polar surface area (TPSA) is 65.1 Å². The molecule has 0 saturated carbocycles. The molecule has 1 fully saturated rings. The summed E-state index contributed by atoms with van der Waals surface area (Å²) in [5.41, 5.74) is 8.03. The zero-order valence-electron chi connectivity index (χ0n) is 11.6. The number of rotatable bonds is 4. The Bertz CT molecular complexity index is 407. The lowest BCUT2D eigenvalue weighted by Crippen LogP contribution is -2.33. The molecular weight excluding hydrogens is 228 g/mol. The molecule has 1 aromatic heterocycles. The maximum Gasteiger partial charge on any atom is 0.148 e. The lowest BCUT2D eigenvalue weighted by molar-refractivity contribution is 0.0299. The van der Waals surface area contributed by atoms with Crippen LogP contribution in [-0.2, 0) is 11.3 Å². The molecule has 1 saturated heterocycles. The molecule has 0 aliphatic carbocycles. The number of anilines is 2. The lowest BCUT2D eigenvalue weighted by Gasteiger charge is -2.34. The Morgan fingerprint density at radius 1 is 1.44 bits per heavy atom. The Labute approximate surface area is 109 Å². The highest BCUT2D eigenvalue weighted by Crippen LogP contribution is 2.31. The molecule has 0 atom stereocenters. The highest BCUT2D eigenvalue weighted by molar-refractivity contribution is 5.64. The van der Waals surface area contributed by atoms with Crippen LogP contribution in [0.15, 0.2) is 0 Å². The van der Waals surface area contributed by atoms with Gasteiger partial charge in [0.1, 0.15) is 5.82 Å². The highest BCUT2D eigenvalue weighted by atomic mass is 16.5. The molecule has 1 aromatic rings. The SMILES string of the molecule is CCn1nc(C)c(N)c1NCC1(C)CCOCC1. The number of nitrogen functional groups attached to an aromatic ring is 1. The van der Waals surface area contributed by atoms with Crippen LogP contribution in [0.4, 0.5) is 11.5 Å². The fourth-order valence-electron chi connectivity index (χ4n) is 2.35. The fourth-order valence-corrected chi connectivity index (χ4v) is 2.35. The number of ether oxygens (including phenoxy) is 1. The van der Waals surface area contributed by atoms with Crippen LogP contribution in [0.1, 0.15) is 32.4 Å². The van der Waals surface area contributed by atoms with E-state index in [0.29, 0.717) is 5.41 Å². The molecule has 102 valence electrons. The number of nitrogens with zero attached hydrogens (tertiary/aromatic N) is 2. The minimum atomic E-state index is 0.293. The summed E-state index contributed by atoms with van der Waals surface area (Å²) in [4.78, 5) is 0. The average Bonchev–Trinajstić information content (AvgIpc) is 2.64. The van der Waals surface area contributed by atoms with Crippen LogP contribution in [0.3, 0.4) is 0 Å². The van der Waals surface area contributed by atoms with Crippen molar-refractivity contribution in [2.45, 2.75) is 40.2 Å². The summed E-state index contributed by atoms with van der Waals surface area (Å²) < 4.78 is 7.36. The van der Waals surface area contributed by atoms with E-state index >= 15 is 0 Å². The van der Waals surface area contributed by atoms with E-state index in [0.717, 1.165) is 56.3 Å². The van der Waals surface area contributed by atoms with Crippen LogP contribution in [0.5, 0.6) is 0 Å². The second-order valence-corrected chi connectivity index (χ2v) is 5.44. The van der Waals surface area contributed by atoms with Gasteiger partial charge in [-0.2, -0.15) is 5.10 Å². The summed E-state index contributed by atoms with van der Waals surface area (Å²) >= 11 is 0. The molecule has 2 heterocycles. The van der Waals surface area contributed by atoms with Crippen molar-refractivity contribution in [1.82, 2.24) is 9.78 Å². The van der Waals surface area contributed by atoms with Crippen molar-refractivity contribution in [3.05, 3.63) is 5.69 Å². The van der Waals surface area contributed by atoms with Gasteiger partial charge in [0.2, 0.25) is 0 Å². The van der Waals surface area contributed by atoms with Crippen molar-refractivity contribution in [2.24, 2.45) is 5.41 Å². The third-order valence-corrected chi connectivity index (χ3v) is 3.86. The van der Waals surface area contributed by atoms with Gasteiger partial charge < -0.3 is 15.8 Å². The summed E-state index contributed by atoms with van der Waals surface area (Å²) in [6.45, 7) is 9.81. The summed E-state index contributed by atoms with van der Waals surface area (Å²) in [6.07, 6.45) is 2.19. The maximum atomic E-state index is 6.07. The van der Waals surface area contributed by atoms with Crippen molar-refractivity contribution in [3.8, 4) is 0 Å². The summed E-state index contributed by atoms with van der Waals surface area (Å²) in [5, 5.41) is 7.90. The molecule has 0 radical (unpaired) electrons. The molecule has 2 rings (SSSR count). The second kappa shape index (κ2) is 5.18. The van der Waals surface area contributed by atoms with Gasteiger partial charge in [-0.3, -0.25) is 0 Å². The molecule has 0 bridgehead atoms. The minimum Gasteiger partial charge on any atom is -0.394 e. The van der Waals surface area contributed by atoms with E-state index in [-0.39, 0.29) is 0 Å². The van der Waals surface area contributed by atoms with Crippen LogP contribution >= 0.6 is 0 Å². The molecule has 18 heavy (non-hydrogen) atoms. The van der Waals surface area contributed by atoms with Crippen molar-refractivity contribution in [2.75, 3.05) is 30.8 Å². The number of nitrogens with one attached hydrogen (secondary N) is 1. The number of hydrogen-bond acceptors (Lipinski definition) is 4. The van der Waals surface area contributed by atoms with E-state index in [9.17, 15) is 0 Å². The average molecular weight is 252 g/mol. The zero-order valence-corrected chi connectivity index (χ0v) is 11.6. The Morgan fingerprint density at radius 2 is 2.11 bits per heavy atom. The summed E-state index contributed by atoms with van der Waals surface area (Å²) in [5.74, 6) is 0.961. The number of aromatic nitrogens is 2. The first-order valence-corrected chi connectivity index (χ1v) is 6.70. The molecule has 0 spiro atoms. The van der Waals surface area contributed by atoms with Gasteiger partial charge in [0.25, 0.3) is 0 Å². The Hall–Kier alpha value is -1.23. The number of hydrogen-bond donors (Lipinski definition) is 2. The maximum absolute atomic E-state index is 6.07. The third kappa shape index (κ3) is 2.61. The normalized spacial score (nSPS) is 18.8. The number of nitrogens with two attached hydrogens (primary N) is 1. The smallest absolute Gasteiger partial charge is 0.148 e. The summed E-state index contributed by atoms with van der Waals surface area (Å²) in [7, 11) is 0. The first-order valence-electron chi connectivity index (χ1n) is 6.70. The molecule has 5 heteroatoms. The van der Waals surface area contributed by atoms with Gasteiger partial charge in [0, 0.05) is 26.3 Å². The first kappa shape index (κ1) is 13.2. The molecule has 3 N–H and O–H groups in total. The van der Waals surface area contributed by atoms with Gasteiger partial charge in [-0.15, -0.1) is 0 Å². The van der Waals surface area contributed by atoms with E-state index in [1.165, 1.54) is 0 Å². The molecule has 0 unspecified atom stereocenters. The van der Waals surface area contributed by atoms with Crippen LogP contribution in [0.25, 0.3) is 0 Å². The van der Waals surface area contributed by atoms with Crippen LogP contribution in [0.2, 0.25) is 0 Å². The van der Waals surface area contributed by atoms with Crippen molar-refractivity contribution < 1.29 is 4.74 Å². The third-order valence-electron chi connectivity index (χ3n) is 3.86. The van der Waals surface area contributed by atoms with E-state index in [1.807, 2.05) is 11.6 Å². The standard InChI is InChI=1S/C13H24N4O/c1-4-17-12(11(14)10(2)16-17)15-9-13(3)5-7-18-8-6-13/h15H,4-9,14H2,1-3H3. The van der Waals surface area contributed by atoms with Gasteiger partial charge in [0.05, 0.1) is 11.4 Å². The van der Waals surface area contributed by atoms with E-state index < -0.39 is 0 Å². The Morgan fingerprint density at radius 3 is 2.72 bits per heavy atom.